The summed E-state index contributed by atoms with van der Waals surface area (Å²) < 4.78 is 14.4. The third-order valence-corrected chi connectivity index (χ3v) is 3.10. The first-order chi connectivity index (χ1) is 8.66. The maximum atomic E-state index is 13.5. The zero-order valence-electron chi connectivity index (χ0n) is 9.79. The number of benzene rings is 2. The van der Waals surface area contributed by atoms with Crippen molar-refractivity contribution in [3.63, 3.8) is 0 Å². The summed E-state index contributed by atoms with van der Waals surface area (Å²) in [5, 5.41) is 3.05. The second-order valence-electron chi connectivity index (χ2n) is 3.95. The molecule has 2 aromatic carbocycles. The minimum absolute atomic E-state index is 0.265. The Hall–Kier alpha value is -1.61. The van der Waals surface area contributed by atoms with Gasteiger partial charge in [0.25, 0.3) is 0 Å². The summed E-state index contributed by atoms with van der Waals surface area (Å²) in [6.45, 7) is 4.51. The van der Waals surface area contributed by atoms with E-state index in [4.69, 9.17) is 0 Å². The molecule has 1 N–H and O–H groups in total. The second-order valence-corrected chi connectivity index (χ2v) is 4.86. The highest BCUT2D eigenvalue weighted by atomic mass is 79.9. The standard InChI is InChI=1S/C15H13BrFN/c1-11(12-5-3-2-4-6-12)10-18-15-9-13(16)7-8-14(15)17/h2-9,18H,1,10H2. The molecular weight excluding hydrogens is 293 g/mol. The molecule has 2 rings (SSSR count). The molecule has 0 atom stereocenters. The highest BCUT2D eigenvalue weighted by Crippen LogP contribution is 2.21. The van der Waals surface area contributed by atoms with Gasteiger partial charge in [0.15, 0.2) is 0 Å². The highest BCUT2D eigenvalue weighted by Gasteiger charge is 2.03. The van der Waals surface area contributed by atoms with Gasteiger partial charge in [0.05, 0.1) is 5.69 Å². The van der Waals surface area contributed by atoms with Crippen molar-refractivity contribution in [2.24, 2.45) is 0 Å². The lowest BCUT2D eigenvalue weighted by Gasteiger charge is -2.10. The van der Waals surface area contributed by atoms with Gasteiger partial charge >= 0.3 is 0 Å². The van der Waals surface area contributed by atoms with Crippen molar-refractivity contribution >= 4 is 27.2 Å². The molecule has 0 saturated carbocycles. The van der Waals surface area contributed by atoms with Crippen molar-refractivity contribution in [2.75, 3.05) is 11.9 Å². The van der Waals surface area contributed by atoms with E-state index in [0.717, 1.165) is 15.6 Å². The van der Waals surface area contributed by atoms with Crippen LogP contribution in [0.25, 0.3) is 5.57 Å². The Bertz CT molecular complexity index is 552. The molecular formula is C15H13BrFN. The predicted octanol–water partition coefficient (Wildman–Crippen LogP) is 4.71. The van der Waals surface area contributed by atoms with E-state index in [0.29, 0.717) is 12.2 Å². The van der Waals surface area contributed by atoms with Gasteiger partial charge in [-0.15, -0.1) is 0 Å². The molecule has 0 unspecified atom stereocenters. The lowest BCUT2D eigenvalue weighted by atomic mass is 10.1. The average molecular weight is 306 g/mol. The summed E-state index contributed by atoms with van der Waals surface area (Å²) in [5.41, 5.74) is 2.46. The van der Waals surface area contributed by atoms with E-state index in [1.54, 1.807) is 12.1 Å². The minimum atomic E-state index is -0.265. The van der Waals surface area contributed by atoms with E-state index in [2.05, 4.69) is 27.8 Å². The summed E-state index contributed by atoms with van der Waals surface area (Å²) in [5.74, 6) is -0.265. The predicted molar refractivity (Wildman–Crippen MR) is 78.1 cm³/mol. The normalized spacial score (nSPS) is 10.1. The summed E-state index contributed by atoms with van der Waals surface area (Å²) in [4.78, 5) is 0. The zero-order chi connectivity index (χ0) is 13.0. The quantitative estimate of drug-likeness (QED) is 0.862. The van der Waals surface area contributed by atoms with E-state index in [-0.39, 0.29) is 5.82 Å². The van der Waals surface area contributed by atoms with Crippen molar-refractivity contribution in [1.82, 2.24) is 0 Å². The summed E-state index contributed by atoms with van der Waals surface area (Å²) >= 11 is 3.32. The van der Waals surface area contributed by atoms with Crippen LogP contribution < -0.4 is 5.32 Å². The molecule has 18 heavy (non-hydrogen) atoms. The van der Waals surface area contributed by atoms with Crippen LogP contribution in [0.4, 0.5) is 10.1 Å². The smallest absolute Gasteiger partial charge is 0.146 e. The van der Waals surface area contributed by atoms with Gasteiger partial charge in [0, 0.05) is 11.0 Å². The monoisotopic (exact) mass is 305 g/mol. The van der Waals surface area contributed by atoms with Crippen LogP contribution in [0, 0.1) is 5.82 Å². The van der Waals surface area contributed by atoms with Crippen molar-refractivity contribution in [3.05, 3.63) is 71.0 Å². The summed E-state index contributed by atoms with van der Waals surface area (Å²) in [6.07, 6.45) is 0. The van der Waals surface area contributed by atoms with E-state index in [1.807, 2.05) is 30.3 Å². The number of hydrogen-bond acceptors (Lipinski definition) is 1. The molecule has 1 nitrogen and oxygen atoms in total. The number of nitrogens with one attached hydrogen (secondary N) is 1. The molecule has 0 fully saturated rings. The third-order valence-electron chi connectivity index (χ3n) is 2.60. The van der Waals surface area contributed by atoms with Gasteiger partial charge < -0.3 is 5.32 Å². The van der Waals surface area contributed by atoms with Gasteiger partial charge in [-0.2, -0.15) is 0 Å². The number of halogens is 2. The molecule has 0 aliphatic heterocycles. The first-order valence-electron chi connectivity index (χ1n) is 5.59. The molecule has 0 aliphatic rings. The highest BCUT2D eigenvalue weighted by molar-refractivity contribution is 9.10. The molecule has 0 bridgehead atoms. The van der Waals surface area contributed by atoms with Crippen LogP contribution in [0.5, 0.6) is 0 Å². The fourth-order valence-corrected chi connectivity index (χ4v) is 1.97. The largest absolute Gasteiger partial charge is 0.379 e. The minimum Gasteiger partial charge on any atom is -0.379 e. The molecule has 3 heteroatoms. The van der Waals surface area contributed by atoms with Crippen LogP contribution in [0.2, 0.25) is 0 Å². The van der Waals surface area contributed by atoms with Crippen molar-refractivity contribution in [3.8, 4) is 0 Å². The first kappa shape index (κ1) is 12.8. The van der Waals surface area contributed by atoms with Gasteiger partial charge in [-0.05, 0) is 29.3 Å². The molecule has 0 saturated heterocycles. The van der Waals surface area contributed by atoms with Crippen LogP contribution >= 0.6 is 15.9 Å². The van der Waals surface area contributed by atoms with Gasteiger partial charge in [-0.25, -0.2) is 4.39 Å². The summed E-state index contributed by atoms with van der Waals surface area (Å²) in [6, 6.07) is 14.7. The van der Waals surface area contributed by atoms with Gasteiger partial charge in [0.1, 0.15) is 5.82 Å². The zero-order valence-corrected chi connectivity index (χ0v) is 11.4. The lowest BCUT2D eigenvalue weighted by molar-refractivity contribution is 0.630. The fourth-order valence-electron chi connectivity index (χ4n) is 1.61. The molecule has 0 aliphatic carbocycles. The Balaban J connectivity index is 2.04. The first-order valence-corrected chi connectivity index (χ1v) is 6.38. The van der Waals surface area contributed by atoms with Crippen LogP contribution in [-0.4, -0.2) is 6.54 Å². The number of hydrogen-bond donors (Lipinski definition) is 1. The van der Waals surface area contributed by atoms with E-state index >= 15 is 0 Å². The molecule has 92 valence electrons. The molecule has 0 aromatic heterocycles. The van der Waals surface area contributed by atoms with E-state index in [9.17, 15) is 4.39 Å². The van der Waals surface area contributed by atoms with Gasteiger partial charge in [0.2, 0.25) is 0 Å². The van der Waals surface area contributed by atoms with Crippen molar-refractivity contribution in [2.45, 2.75) is 0 Å². The van der Waals surface area contributed by atoms with Gasteiger partial charge in [-0.1, -0.05) is 52.8 Å². The lowest BCUT2D eigenvalue weighted by Crippen LogP contribution is -2.05. The average Bonchev–Trinajstić information content (AvgIpc) is 2.40. The fraction of sp³-hybridized carbons (Fsp3) is 0.0667. The topological polar surface area (TPSA) is 12.0 Å². The molecule has 2 aromatic rings. The van der Waals surface area contributed by atoms with Crippen LogP contribution in [0.15, 0.2) is 59.6 Å². The SMILES string of the molecule is C=C(CNc1cc(Br)ccc1F)c1ccccc1. The molecule has 0 heterocycles. The maximum Gasteiger partial charge on any atom is 0.146 e. The second kappa shape index (κ2) is 5.83. The molecule has 0 spiro atoms. The Kier molecular flexibility index (Phi) is 4.15. The molecule has 0 radical (unpaired) electrons. The summed E-state index contributed by atoms with van der Waals surface area (Å²) in [7, 11) is 0. The van der Waals surface area contributed by atoms with Crippen molar-refractivity contribution in [1.29, 1.82) is 0 Å². The van der Waals surface area contributed by atoms with Gasteiger partial charge in [-0.3, -0.25) is 0 Å². The van der Waals surface area contributed by atoms with Crippen LogP contribution in [0.3, 0.4) is 0 Å². The Morgan fingerprint density at radius 3 is 2.61 bits per heavy atom. The van der Waals surface area contributed by atoms with Crippen molar-refractivity contribution < 1.29 is 4.39 Å². The maximum absolute atomic E-state index is 13.5. The Labute approximate surface area is 114 Å². The number of rotatable bonds is 4. The van der Waals surface area contributed by atoms with E-state index < -0.39 is 0 Å². The Morgan fingerprint density at radius 2 is 1.89 bits per heavy atom. The Morgan fingerprint density at radius 1 is 1.17 bits per heavy atom. The van der Waals surface area contributed by atoms with Crippen LogP contribution in [-0.2, 0) is 0 Å². The number of anilines is 1. The van der Waals surface area contributed by atoms with Crippen LogP contribution in [0.1, 0.15) is 5.56 Å². The van der Waals surface area contributed by atoms with E-state index in [1.165, 1.54) is 6.07 Å². The molecule has 0 amide bonds. The third kappa shape index (κ3) is 3.20.